The van der Waals surface area contributed by atoms with Crippen LogP contribution in [0.5, 0.6) is 0 Å². The molecule has 0 radical (unpaired) electrons. The molecule has 3 aromatic rings. The summed E-state index contributed by atoms with van der Waals surface area (Å²) in [5, 5.41) is 0. The van der Waals surface area contributed by atoms with Crippen molar-refractivity contribution < 1.29 is 0 Å². The molecule has 0 unspecified atom stereocenters. The highest BCUT2D eigenvalue weighted by Crippen LogP contribution is 2.26. The standard InChI is InChI=1S/C23H27N3/c1-5-17-15-20-22(24-16-17)26-21(18-11-7-6-8-12-18)19(25-20)13-9-10-14-23(2,3)4/h5-8,11-12,15-16H,1,9-10,13-14H2,2-4H3. The smallest absolute Gasteiger partial charge is 0.178 e. The van der Waals surface area contributed by atoms with E-state index in [2.05, 4.69) is 44.5 Å². The minimum absolute atomic E-state index is 0.375. The minimum Gasteiger partial charge on any atom is -0.247 e. The van der Waals surface area contributed by atoms with Crippen molar-refractivity contribution in [3.8, 4) is 11.3 Å². The van der Waals surface area contributed by atoms with Gasteiger partial charge in [-0.05, 0) is 36.3 Å². The molecule has 0 spiro atoms. The highest BCUT2D eigenvalue weighted by Gasteiger charge is 2.13. The number of hydrogen-bond acceptors (Lipinski definition) is 3. The predicted octanol–water partition coefficient (Wildman–Crippen LogP) is 6.09. The summed E-state index contributed by atoms with van der Waals surface area (Å²) >= 11 is 0. The molecule has 0 amide bonds. The lowest BCUT2D eigenvalue weighted by molar-refractivity contribution is 0.360. The normalized spacial score (nSPS) is 11.7. The first-order valence-electron chi connectivity index (χ1n) is 9.31. The molecule has 2 aromatic heterocycles. The van der Waals surface area contributed by atoms with Crippen LogP contribution in [0.2, 0.25) is 0 Å². The maximum Gasteiger partial charge on any atom is 0.178 e. The van der Waals surface area contributed by atoms with Gasteiger partial charge in [0.05, 0.1) is 11.4 Å². The van der Waals surface area contributed by atoms with Crippen molar-refractivity contribution in [3.05, 3.63) is 60.4 Å². The third-order valence-electron chi connectivity index (χ3n) is 4.49. The van der Waals surface area contributed by atoms with Crippen molar-refractivity contribution in [1.82, 2.24) is 15.0 Å². The van der Waals surface area contributed by atoms with E-state index in [1.54, 1.807) is 12.3 Å². The van der Waals surface area contributed by atoms with Gasteiger partial charge in [0.15, 0.2) is 5.65 Å². The quantitative estimate of drug-likeness (QED) is 0.507. The van der Waals surface area contributed by atoms with E-state index in [1.807, 2.05) is 24.3 Å². The van der Waals surface area contributed by atoms with Gasteiger partial charge in [-0.2, -0.15) is 0 Å². The summed E-state index contributed by atoms with van der Waals surface area (Å²) < 4.78 is 0. The molecular weight excluding hydrogens is 318 g/mol. The summed E-state index contributed by atoms with van der Waals surface area (Å²) in [6.07, 6.45) is 8.05. The first-order valence-corrected chi connectivity index (χ1v) is 9.31. The second kappa shape index (κ2) is 7.77. The summed E-state index contributed by atoms with van der Waals surface area (Å²) in [7, 11) is 0. The second-order valence-electron chi connectivity index (χ2n) is 7.97. The Morgan fingerprint density at radius 2 is 1.81 bits per heavy atom. The zero-order valence-electron chi connectivity index (χ0n) is 16.0. The van der Waals surface area contributed by atoms with Gasteiger partial charge in [-0.3, -0.25) is 0 Å². The molecule has 0 aliphatic rings. The number of aryl methyl sites for hydroxylation is 1. The molecule has 0 saturated carbocycles. The maximum atomic E-state index is 4.92. The fraction of sp³-hybridized carbons (Fsp3) is 0.348. The molecule has 0 N–H and O–H groups in total. The SMILES string of the molecule is C=Cc1cnc2nc(-c3ccccc3)c(CCCCC(C)(C)C)nc2c1. The van der Waals surface area contributed by atoms with E-state index < -0.39 is 0 Å². The molecule has 3 heteroatoms. The van der Waals surface area contributed by atoms with Crippen LogP contribution in [-0.4, -0.2) is 15.0 Å². The zero-order chi connectivity index (χ0) is 18.6. The van der Waals surface area contributed by atoms with Gasteiger partial charge in [-0.1, -0.05) is 70.2 Å². The third-order valence-corrected chi connectivity index (χ3v) is 4.49. The molecule has 0 aliphatic heterocycles. The van der Waals surface area contributed by atoms with E-state index in [0.717, 1.165) is 40.9 Å². The van der Waals surface area contributed by atoms with Gasteiger partial charge in [0, 0.05) is 11.8 Å². The van der Waals surface area contributed by atoms with Crippen LogP contribution >= 0.6 is 0 Å². The molecule has 2 heterocycles. The molecule has 26 heavy (non-hydrogen) atoms. The summed E-state index contributed by atoms with van der Waals surface area (Å²) in [6.45, 7) is 10.7. The molecule has 134 valence electrons. The number of pyridine rings is 1. The van der Waals surface area contributed by atoms with Crippen LogP contribution in [0.4, 0.5) is 0 Å². The molecule has 0 fully saturated rings. The van der Waals surface area contributed by atoms with E-state index in [4.69, 9.17) is 9.97 Å². The largest absolute Gasteiger partial charge is 0.247 e. The molecule has 0 atom stereocenters. The second-order valence-corrected chi connectivity index (χ2v) is 7.97. The summed E-state index contributed by atoms with van der Waals surface area (Å²) in [5.41, 5.74) is 5.98. The Balaban J connectivity index is 1.95. The molecule has 3 rings (SSSR count). The van der Waals surface area contributed by atoms with Crippen LogP contribution in [-0.2, 0) is 6.42 Å². The van der Waals surface area contributed by atoms with Gasteiger partial charge >= 0.3 is 0 Å². The zero-order valence-corrected chi connectivity index (χ0v) is 16.0. The van der Waals surface area contributed by atoms with E-state index >= 15 is 0 Å². The highest BCUT2D eigenvalue weighted by molar-refractivity contribution is 5.77. The summed E-state index contributed by atoms with van der Waals surface area (Å²) in [4.78, 5) is 14.2. The fourth-order valence-corrected chi connectivity index (χ4v) is 3.06. The molecular formula is C23H27N3. The van der Waals surface area contributed by atoms with Crippen molar-refractivity contribution >= 4 is 17.2 Å². The summed E-state index contributed by atoms with van der Waals surface area (Å²) in [6, 6.07) is 12.3. The van der Waals surface area contributed by atoms with E-state index in [-0.39, 0.29) is 0 Å². The average molecular weight is 345 g/mol. The third kappa shape index (κ3) is 4.54. The lowest BCUT2D eigenvalue weighted by atomic mass is 9.89. The predicted molar refractivity (Wildman–Crippen MR) is 110 cm³/mol. The maximum absolute atomic E-state index is 4.92. The first kappa shape index (κ1) is 18.2. The Morgan fingerprint density at radius 1 is 1.04 bits per heavy atom. The van der Waals surface area contributed by atoms with Crippen molar-refractivity contribution in [2.45, 2.75) is 46.5 Å². The van der Waals surface area contributed by atoms with Crippen molar-refractivity contribution in [3.63, 3.8) is 0 Å². The number of benzene rings is 1. The van der Waals surface area contributed by atoms with E-state index in [9.17, 15) is 0 Å². The molecule has 0 aliphatic carbocycles. The Hall–Kier alpha value is -2.55. The number of nitrogens with zero attached hydrogens (tertiary/aromatic N) is 3. The monoisotopic (exact) mass is 345 g/mol. The topological polar surface area (TPSA) is 38.7 Å². The van der Waals surface area contributed by atoms with Crippen molar-refractivity contribution in [2.75, 3.05) is 0 Å². The van der Waals surface area contributed by atoms with Crippen molar-refractivity contribution in [2.24, 2.45) is 5.41 Å². The van der Waals surface area contributed by atoms with Gasteiger partial charge in [0.2, 0.25) is 0 Å². The fourth-order valence-electron chi connectivity index (χ4n) is 3.06. The highest BCUT2D eigenvalue weighted by atomic mass is 14.9. The Kier molecular flexibility index (Phi) is 5.46. The Bertz CT molecular complexity index is 892. The van der Waals surface area contributed by atoms with Crippen LogP contribution in [0.3, 0.4) is 0 Å². The van der Waals surface area contributed by atoms with Gasteiger partial charge in [0.1, 0.15) is 5.52 Å². The number of unbranched alkanes of at least 4 members (excludes halogenated alkanes) is 1. The first-order chi connectivity index (χ1) is 12.5. The van der Waals surface area contributed by atoms with Crippen LogP contribution in [0, 0.1) is 5.41 Å². The molecule has 3 nitrogen and oxygen atoms in total. The lowest BCUT2D eigenvalue weighted by Gasteiger charge is -2.17. The van der Waals surface area contributed by atoms with E-state index in [0.29, 0.717) is 11.1 Å². The number of rotatable bonds is 6. The number of fused-ring (bicyclic) bond motifs is 1. The van der Waals surface area contributed by atoms with Gasteiger partial charge < -0.3 is 0 Å². The average Bonchev–Trinajstić information content (AvgIpc) is 2.64. The molecule has 0 saturated heterocycles. The van der Waals surface area contributed by atoms with Crippen LogP contribution < -0.4 is 0 Å². The van der Waals surface area contributed by atoms with E-state index in [1.165, 1.54) is 12.8 Å². The van der Waals surface area contributed by atoms with Crippen molar-refractivity contribution in [1.29, 1.82) is 0 Å². The van der Waals surface area contributed by atoms with Gasteiger partial charge in [-0.25, -0.2) is 15.0 Å². The minimum atomic E-state index is 0.375. The Morgan fingerprint density at radius 3 is 2.50 bits per heavy atom. The lowest BCUT2D eigenvalue weighted by Crippen LogP contribution is -2.05. The molecule has 0 bridgehead atoms. The van der Waals surface area contributed by atoms with Gasteiger partial charge in [0.25, 0.3) is 0 Å². The van der Waals surface area contributed by atoms with Crippen LogP contribution in [0.1, 0.15) is 51.3 Å². The molecule has 1 aromatic carbocycles. The van der Waals surface area contributed by atoms with Crippen LogP contribution in [0.25, 0.3) is 28.5 Å². The number of hydrogen-bond donors (Lipinski definition) is 0. The van der Waals surface area contributed by atoms with Gasteiger partial charge in [-0.15, -0.1) is 0 Å². The summed E-state index contributed by atoms with van der Waals surface area (Å²) in [5.74, 6) is 0. The van der Waals surface area contributed by atoms with Crippen LogP contribution in [0.15, 0.2) is 49.2 Å². The Labute approximate surface area is 156 Å². The number of aromatic nitrogens is 3.